The topological polar surface area (TPSA) is 52.7 Å². The predicted molar refractivity (Wildman–Crippen MR) is 92.5 cm³/mol. The van der Waals surface area contributed by atoms with Crippen LogP contribution in [0, 0.1) is 0 Å². The molecule has 1 aromatic rings. The molecule has 0 amide bonds. The van der Waals surface area contributed by atoms with Gasteiger partial charge >= 0.3 is 0 Å². The zero-order chi connectivity index (χ0) is 16.4. The highest BCUT2D eigenvalue weighted by Gasteiger charge is 2.47. The van der Waals surface area contributed by atoms with Gasteiger partial charge in [0.15, 0.2) is 0 Å². The summed E-state index contributed by atoms with van der Waals surface area (Å²) < 4.78 is 28.6. The van der Waals surface area contributed by atoms with Gasteiger partial charge in [0.05, 0.1) is 0 Å². The van der Waals surface area contributed by atoms with E-state index in [1.807, 2.05) is 18.2 Å². The number of benzene rings is 1. The molecular weight excluding hydrogens is 310 g/mol. The first kappa shape index (κ1) is 16.9. The first-order chi connectivity index (χ1) is 11.0. The summed E-state index contributed by atoms with van der Waals surface area (Å²) in [5, 5.41) is 3.65. The molecule has 5 nitrogen and oxygen atoms in total. The summed E-state index contributed by atoms with van der Waals surface area (Å²) in [6, 6.07) is 10.6. The van der Waals surface area contributed by atoms with Gasteiger partial charge in [0.25, 0.3) is 10.2 Å². The van der Waals surface area contributed by atoms with Crippen molar-refractivity contribution in [3.05, 3.63) is 35.9 Å². The second kappa shape index (κ2) is 6.89. The molecule has 2 aliphatic rings. The number of hydrogen-bond donors (Lipinski definition) is 1. The van der Waals surface area contributed by atoms with Crippen LogP contribution in [0.4, 0.5) is 0 Å². The molecule has 0 spiro atoms. The van der Waals surface area contributed by atoms with E-state index >= 15 is 0 Å². The van der Waals surface area contributed by atoms with Crippen LogP contribution < -0.4 is 5.32 Å². The maximum Gasteiger partial charge on any atom is 0.281 e. The lowest BCUT2D eigenvalue weighted by atomic mass is 9.88. The monoisotopic (exact) mass is 337 g/mol. The van der Waals surface area contributed by atoms with E-state index < -0.39 is 10.2 Å². The van der Waals surface area contributed by atoms with Crippen LogP contribution in [0.25, 0.3) is 0 Å². The van der Waals surface area contributed by atoms with Gasteiger partial charge in [-0.25, -0.2) is 0 Å². The molecule has 2 fully saturated rings. The number of rotatable bonds is 3. The number of nitrogens with one attached hydrogen (secondary N) is 1. The highest BCUT2D eigenvalue weighted by atomic mass is 32.2. The van der Waals surface area contributed by atoms with E-state index in [9.17, 15) is 8.42 Å². The Hall–Kier alpha value is -0.950. The Morgan fingerprint density at radius 1 is 1.13 bits per heavy atom. The summed E-state index contributed by atoms with van der Waals surface area (Å²) >= 11 is 0. The van der Waals surface area contributed by atoms with Crippen LogP contribution in [0.3, 0.4) is 0 Å². The second-order valence-corrected chi connectivity index (χ2v) is 8.87. The molecule has 23 heavy (non-hydrogen) atoms. The molecule has 2 heterocycles. The highest BCUT2D eigenvalue weighted by Crippen LogP contribution is 2.37. The molecule has 1 aromatic carbocycles. The zero-order valence-corrected chi connectivity index (χ0v) is 14.8. The first-order valence-corrected chi connectivity index (χ1v) is 9.89. The molecule has 0 radical (unpaired) electrons. The van der Waals surface area contributed by atoms with Gasteiger partial charge in [-0.05, 0) is 24.9 Å². The normalized spacial score (nSPS) is 30.0. The Bertz CT molecular complexity index is 618. The molecular formula is C17H27N3O2S. The van der Waals surface area contributed by atoms with Crippen molar-refractivity contribution < 1.29 is 8.42 Å². The average Bonchev–Trinajstić information content (AvgIpc) is 2.86. The third-order valence-electron chi connectivity index (χ3n) is 5.14. The van der Waals surface area contributed by atoms with Crippen LogP contribution in [0.5, 0.6) is 0 Å². The third kappa shape index (κ3) is 3.31. The van der Waals surface area contributed by atoms with E-state index in [0.717, 1.165) is 19.4 Å². The largest absolute Gasteiger partial charge is 0.312 e. The van der Waals surface area contributed by atoms with Crippen LogP contribution in [-0.4, -0.2) is 56.3 Å². The smallest absolute Gasteiger partial charge is 0.281 e. The lowest BCUT2D eigenvalue weighted by Gasteiger charge is -2.32. The Balaban J connectivity index is 1.96. The molecule has 2 aliphatic heterocycles. The maximum atomic E-state index is 12.8. The van der Waals surface area contributed by atoms with Crippen molar-refractivity contribution in [2.45, 2.75) is 43.7 Å². The number of nitrogens with zero attached hydrogens (tertiary/aromatic N) is 2. The van der Waals surface area contributed by atoms with Crippen molar-refractivity contribution in [2.24, 2.45) is 0 Å². The fourth-order valence-corrected chi connectivity index (χ4v) is 5.25. The molecule has 0 bridgehead atoms. The minimum atomic E-state index is -3.39. The summed E-state index contributed by atoms with van der Waals surface area (Å²) in [4.78, 5) is 0. The molecule has 3 atom stereocenters. The summed E-state index contributed by atoms with van der Waals surface area (Å²) in [6.07, 6.45) is 4.38. The molecule has 6 heteroatoms. The van der Waals surface area contributed by atoms with E-state index in [2.05, 4.69) is 17.4 Å². The lowest BCUT2D eigenvalue weighted by molar-refractivity contribution is 0.290. The Morgan fingerprint density at radius 3 is 2.57 bits per heavy atom. The molecule has 0 aromatic heterocycles. The van der Waals surface area contributed by atoms with Crippen molar-refractivity contribution in [1.82, 2.24) is 13.9 Å². The van der Waals surface area contributed by atoms with Gasteiger partial charge in [0.2, 0.25) is 0 Å². The van der Waals surface area contributed by atoms with E-state index in [1.165, 1.54) is 22.7 Å². The Kier molecular flexibility index (Phi) is 5.06. The Morgan fingerprint density at radius 2 is 1.87 bits per heavy atom. The van der Waals surface area contributed by atoms with E-state index in [-0.39, 0.29) is 18.0 Å². The van der Waals surface area contributed by atoms with Crippen LogP contribution in [-0.2, 0) is 10.2 Å². The van der Waals surface area contributed by atoms with Crippen LogP contribution in [0.15, 0.2) is 30.3 Å². The molecule has 0 unspecified atom stereocenters. The number of fused-ring (bicyclic) bond motifs is 1. The van der Waals surface area contributed by atoms with Crippen LogP contribution in [0.2, 0.25) is 0 Å². The second-order valence-electron chi connectivity index (χ2n) is 6.77. The van der Waals surface area contributed by atoms with Gasteiger partial charge < -0.3 is 5.32 Å². The van der Waals surface area contributed by atoms with Gasteiger partial charge in [-0.1, -0.05) is 43.2 Å². The molecule has 2 saturated heterocycles. The van der Waals surface area contributed by atoms with E-state index in [0.29, 0.717) is 6.54 Å². The molecule has 0 aliphatic carbocycles. The van der Waals surface area contributed by atoms with Gasteiger partial charge in [-0.3, -0.25) is 0 Å². The van der Waals surface area contributed by atoms with Gasteiger partial charge in [-0.15, -0.1) is 0 Å². The molecule has 0 saturated carbocycles. The lowest BCUT2D eigenvalue weighted by Crippen LogP contribution is -2.49. The van der Waals surface area contributed by atoms with Gasteiger partial charge in [0.1, 0.15) is 0 Å². The van der Waals surface area contributed by atoms with Crippen LogP contribution >= 0.6 is 0 Å². The SMILES string of the molecule is CN(C)S(=O)(=O)N1C[C@@H](c2ccccc2)[C@@H]2NCCCCC[C@@H]21. The minimum Gasteiger partial charge on any atom is -0.312 e. The van der Waals surface area contributed by atoms with Gasteiger partial charge in [-0.2, -0.15) is 17.0 Å². The quantitative estimate of drug-likeness (QED) is 0.915. The molecule has 1 N–H and O–H groups in total. The van der Waals surface area contributed by atoms with Gasteiger partial charge in [0, 0.05) is 38.6 Å². The third-order valence-corrected chi connectivity index (χ3v) is 7.07. The van der Waals surface area contributed by atoms with Crippen molar-refractivity contribution in [2.75, 3.05) is 27.2 Å². The summed E-state index contributed by atoms with van der Waals surface area (Å²) in [5.41, 5.74) is 1.23. The first-order valence-electron chi connectivity index (χ1n) is 8.49. The predicted octanol–water partition coefficient (Wildman–Crippen LogP) is 1.79. The van der Waals surface area contributed by atoms with Crippen molar-refractivity contribution >= 4 is 10.2 Å². The Labute approximate surface area is 139 Å². The summed E-state index contributed by atoms with van der Waals surface area (Å²) in [6.45, 7) is 1.53. The van der Waals surface area contributed by atoms with Crippen LogP contribution in [0.1, 0.15) is 37.2 Å². The summed E-state index contributed by atoms with van der Waals surface area (Å²) in [7, 11) is -0.146. The maximum absolute atomic E-state index is 12.8. The molecule has 128 valence electrons. The van der Waals surface area contributed by atoms with Crippen molar-refractivity contribution in [3.63, 3.8) is 0 Å². The molecule has 3 rings (SSSR count). The summed E-state index contributed by atoms with van der Waals surface area (Å²) in [5.74, 6) is 0.217. The average molecular weight is 337 g/mol. The van der Waals surface area contributed by atoms with E-state index in [4.69, 9.17) is 0 Å². The minimum absolute atomic E-state index is 0.0490. The zero-order valence-electron chi connectivity index (χ0n) is 14.0. The van der Waals surface area contributed by atoms with Crippen molar-refractivity contribution in [1.29, 1.82) is 0 Å². The highest BCUT2D eigenvalue weighted by molar-refractivity contribution is 7.86. The van der Waals surface area contributed by atoms with E-state index in [1.54, 1.807) is 18.4 Å². The standard InChI is InChI=1S/C17H27N3O2S/c1-19(2)23(21,22)20-13-15(14-9-5-3-6-10-14)17-16(20)11-7-4-8-12-18-17/h3,5-6,9-10,15-18H,4,7-8,11-13H2,1-2H3/t15-,16-,17-/m0/s1. The fraction of sp³-hybridized carbons (Fsp3) is 0.647. The number of hydrogen-bond acceptors (Lipinski definition) is 3. The van der Waals surface area contributed by atoms with Crippen molar-refractivity contribution in [3.8, 4) is 0 Å². The fourth-order valence-electron chi connectivity index (χ4n) is 3.90.